The molecule has 102 valence electrons. The summed E-state index contributed by atoms with van der Waals surface area (Å²) in [5, 5.41) is 0. The Bertz CT molecular complexity index is 231. The second kappa shape index (κ2) is 6.29. The molecule has 1 heterocycles. The number of epoxide rings is 1. The van der Waals surface area contributed by atoms with Gasteiger partial charge in [-0.3, -0.25) is 0 Å². The quantitative estimate of drug-likeness (QED) is 0.473. The standard InChI is InChI=1S/C12H26O4Si/c1-6-10-13-12(11(5)16-12)17(9-4,14-7-2)15-8-3/h11H,6-10H2,1-5H3. The van der Waals surface area contributed by atoms with E-state index in [4.69, 9.17) is 18.3 Å². The average Bonchev–Trinajstić information content (AvgIpc) is 2.98. The van der Waals surface area contributed by atoms with E-state index in [9.17, 15) is 0 Å². The number of rotatable bonds is 9. The van der Waals surface area contributed by atoms with Crippen molar-refractivity contribution >= 4 is 8.56 Å². The van der Waals surface area contributed by atoms with Gasteiger partial charge in [0.1, 0.15) is 6.10 Å². The van der Waals surface area contributed by atoms with Gasteiger partial charge in [-0.15, -0.1) is 0 Å². The number of hydrogen-bond donors (Lipinski definition) is 0. The normalized spacial score (nSPS) is 28.4. The summed E-state index contributed by atoms with van der Waals surface area (Å²) in [6, 6.07) is 0.850. The summed E-state index contributed by atoms with van der Waals surface area (Å²) in [6.45, 7) is 12.2. The van der Waals surface area contributed by atoms with Gasteiger partial charge < -0.3 is 18.3 Å². The fourth-order valence-electron chi connectivity index (χ4n) is 2.30. The van der Waals surface area contributed by atoms with E-state index in [1.165, 1.54) is 0 Å². The first-order valence-electron chi connectivity index (χ1n) is 6.72. The molecule has 0 saturated carbocycles. The van der Waals surface area contributed by atoms with E-state index >= 15 is 0 Å². The smallest absolute Gasteiger partial charge is 0.391 e. The summed E-state index contributed by atoms with van der Waals surface area (Å²) >= 11 is 0. The zero-order valence-electron chi connectivity index (χ0n) is 11.7. The first kappa shape index (κ1) is 15.1. The lowest BCUT2D eigenvalue weighted by Gasteiger charge is -2.34. The monoisotopic (exact) mass is 262 g/mol. The van der Waals surface area contributed by atoms with E-state index in [0.29, 0.717) is 19.8 Å². The van der Waals surface area contributed by atoms with Crippen LogP contribution in [0.15, 0.2) is 0 Å². The highest BCUT2D eigenvalue weighted by molar-refractivity contribution is 6.71. The van der Waals surface area contributed by atoms with Crippen LogP contribution in [0.5, 0.6) is 0 Å². The van der Waals surface area contributed by atoms with Gasteiger partial charge >= 0.3 is 8.56 Å². The largest absolute Gasteiger partial charge is 0.403 e. The minimum Gasteiger partial charge on any atom is -0.391 e. The van der Waals surface area contributed by atoms with Crippen molar-refractivity contribution in [3.63, 3.8) is 0 Å². The lowest BCUT2D eigenvalue weighted by molar-refractivity contribution is -0.0311. The van der Waals surface area contributed by atoms with Crippen LogP contribution in [-0.2, 0) is 18.3 Å². The van der Waals surface area contributed by atoms with Crippen molar-refractivity contribution in [3.8, 4) is 0 Å². The minimum atomic E-state index is -2.43. The Kier molecular flexibility index (Phi) is 5.59. The van der Waals surface area contributed by atoms with Crippen molar-refractivity contribution in [2.24, 2.45) is 0 Å². The zero-order valence-corrected chi connectivity index (χ0v) is 12.7. The third kappa shape index (κ3) is 2.74. The molecular weight excluding hydrogens is 236 g/mol. The summed E-state index contributed by atoms with van der Waals surface area (Å²) in [5.41, 5.74) is -0.580. The second-order valence-electron chi connectivity index (χ2n) is 4.25. The molecule has 17 heavy (non-hydrogen) atoms. The first-order valence-corrected chi connectivity index (χ1v) is 8.74. The van der Waals surface area contributed by atoms with Gasteiger partial charge in [0.2, 0.25) is 5.41 Å². The van der Waals surface area contributed by atoms with Crippen molar-refractivity contribution in [2.45, 2.75) is 58.6 Å². The summed E-state index contributed by atoms with van der Waals surface area (Å²) in [5.74, 6) is 0. The van der Waals surface area contributed by atoms with Crippen LogP contribution in [0.4, 0.5) is 0 Å². The van der Waals surface area contributed by atoms with Crippen molar-refractivity contribution in [3.05, 3.63) is 0 Å². The van der Waals surface area contributed by atoms with E-state index < -0.39 is 14.0 Å². The van der Waals surface area contributed by atoms with Gasteiger partial charge in [-0.25, -0.2) is 0 Å². The fraction of sp³-hybridized carbons (Fsp3) is 1.00. The molecule has 1 fully saturated rings. The molecule has 0 aliphatic carbocycles. The summed E-state index contributed by atoms with van der Waals surface area (Å²) in [6.07, 6.45) is 1.06. The van der Waals surface area contributed by atoms with E-state index in [2.05, 4.69) is 13.8 Å². The van der Waals surface area contributed by atoms with E-state index in [0.717, 1.165) is 12.5 Å². The van der Waals surface area contributed by atoms with Crippen LogP contribution >= 0.6 is 0 Å². The minimum absolute atomic E-state index is 0.0822. The molecule has 0 amide bonds. The molecule has 4 nitrogen and oxygen atoms in total. The molecule has 0 radical (unpaired) electrons. The first-order chi connectivity index (χ1) is 8.12. The molecule has 0 N–H and O–H groups in total. The molecule has 0 bridgehead atoms. The molecule has 0 aromatic carbocycles. The third-order valence-corrected chi connectivity index (χ3v) is 7.27. The van der Waals surface area contributed by atoms with Crippen LogP contribution in [0.2, 0.25) is 6.04 Å². The maximum absolute atomic E-state index is 5.98. The Hall–Kier alpha value is 0.0569. The van der Waals surface area contributed by atoms with Gasteiger partial charge in [0.05, 0.1) is 0 Å². The second-order valence-corrected chi connectivity index (χ2v) is 7.74. The van der Waals surface area contributed by atoms with Gasteiger partial charge in [0.15, 0.2) is 0 Å². The predicted octanol–water partition coefficient (Wildman–Crippen LogP) is 2.60. The third-order valence-electron chi connectivity index (χ3n) is 3.10. The van der Waals surface area contributed by atoms with Crippen LogP contribution in [0, 0.1) is 0 Å². The van der Waals surface area contributed by atoms with E-state index in [1.807, 2.05) is 20.8 Å². The Balaban J connectivity index is 2.85. The molecule has 5 heteroatoms. The molecule has 2 unspecified atom stereocenters. The summed E-state index contributed by atoms with van der Waals surface area (Å²) in [4.78, 5) is 0. The highest BCUT2D eigenvalue weighted by Gasteiger charge is 2.73. The fourth-order valence-corrected chi connectivity index (χ4v) is 5.92. The topological polar surface area (TPSA) is 40.2 Å². The molecule has 1 aliphatic heterocycles. The number of ether oxygens (including phenoxy) is 2. The lowest BCUT2D eigenvalue weighted by atomic mass is 10.5. The van der Waals surface area contributed by atoms with Gasteiger partial charge in [-0.1, -0.05) is 13.8 Å². The Labute approximate surface area is 106 Å². The zero-order chi connectivity index (χ0) is 12.9. The van der Waals surface area contributed by atoms with Crippen molar-refractivity contribution in [1.82, 2.24) is 0 Å². The molecule has 1 rings (SSSR count). The number of hydrogen-bond acceptors (Lipinski definition) is 4. The van der Waals surface area contributed by atoms with Crippen molar-refractivity contribution in [1.29, 1.82) is 0 Å². The summed E-state index contributed by atoms with van der Waals surface area (Å²) in [7, 11) is -2.43. The van der Waals surface area contributed by atoms with Crippen LogP contribution in [0.3, 0.4) is 0 Å². The van der Waals surface area contributed by atoms with Crippen LogP contribution in [-0.4, -0.2) is 39.9 Å². The Morgan fingerprint density at radius 3 is 1.94 bits per heavy atom. The Morgan fingerprint density at radius 2 is 1.65 bits per heavy atom. The Morgan fingerprint density at radius 1 is 1.12 bits per heavy atom. The molecule has 0 aromatic heterocycles. The van der Waals surface area contributed by atoms with Gasteiger partial charge in [0.25, 0.3) is 0 Å². The van der Waals surface area contributed by atoms with E-state index in [1.54, 1.807) is 0 Å². The maximum Gasteiger partial charge on any atom is 0.403 e. The highest BCUT2D eigenvalue weighted by Crippen LogP contribution is 2.48. The van der Waals surface area contributed by atoms with Crippen LogP contribution in [0.25, 0.3) is 0 Å². The summed E-state index contributed by atoms with van der Waals surface area (Å²) < 4.78 is 23.7. The van der Waals surface area contributed by atoms with Gasteiger partial charge in [-0.2, -0.15) is 0 Å². The lowest BCUT2D eigenvalue weighted by Crippen LogP contribution is -2.58. The van der Waals surface area contributed by atoms with Crippen molar-refractivity contribution < 1.29 is 18.3 Å². The SMILES string of the molecule is CCCOC1([Si](CC)(OCC)OCC)OC1C. The van der Waals surface area contributed by atoms with E-state index in [-0.39, 0.29) is 6.10 Å². The molecule has 1 aliphatic rings. The molecule has 2 atom stereocenters. The average molecular weight is 262 g/mol. The molecule has 0 aromatic rings. The molecular formula is C12H26O4Si. The van der Waals surface area contributed by atoms with Gasteiger partial charge in [0, 0.05) is 19.8 Å². The van der Waals surface area contributed by atoms with Crippen LogP contribution in [0.1, 0.15) is 41.0 Å². The van der Waals surface area contributed by atoms with Crippen LogP contribution < -0.4 is 0 Å². The predicted molar refractivity (Wildman–Crippen MR) is 69.0 cm³/mol. The highest BCUT2D eigenvalue weighted by atomic mass is 28.4. The molecule has 0 spiro atoms. The van der Waals surface area contributed by atoms with Gasteiger partial charge in [-0.05, 0) is 33.2 Å². The molecule has 1 saturated heterocycles. The maximum atomic E-state index is 5.98. The van der Waals surface area contributed by atoms with Crippen molar-refractivity contribution in [2.75, 3.05) is 19.8 Å².